The van der Waals surface area contributed by atoms with Crippen molar-refractivity contribution < 1.29 is 9.53 Å². The molecule has 0 aliphatic rings. The van der Waals surface area contributed by atoms with Crippen molar-refractivity contribution in [3.05, 3.63) is 60.2 Å². The average molecular weight is 340 g/mol. The smallest absolute Gasteiger partial charge is 0.238 e. The molecule has 0 heterocycles. The summed E-state index contributed by atoms with van der Waals surface area (Å²) in [5, 5.41) is 2.92. The first-order valence-corrected chi connectivity index (χ1v) is 8.78. The lowest BCUT2D eigenvalue weighted by atomic mass is 10.1. The van der Waals surface area contributed by atoms with Gasteiger partial charge >= 0.3 is 0 Å². The molecular weight excluding hydrogens is 312 g/mol. The Morgan fingerprint density at radius 2 is 1.76 bits per heavy atom. The zero-order chi connectivity index (χ0) is 18.1. The van der Waals surface area contributed by atoms with Crippen molar-refractivity contribution in [3.63, 3.8) is 0 Å². The fourth-order valence-electron chi connectivity index (χ4n) is 2.44. The zero-order valence-corrected chi connectivity index (χ0v) is 15.4. The molecule has 4 heteroatoms. The second-order valence-corrected chi connectivity index (χ2v) is 6.76. The molecule has 0 saturated heterocycles. The van der Waals surface area contributed by atoms with E-state index in [0.717, 1.165) is 24.4 Å². The number of hydrogen-bond acceptors (Lipinski definition) is 3. The summed E-state index contributed by atoms with van der Waals surface area (Å²) < 4.78 is 5.69. The highest BCUT2D eigenvalue weighted by Crippen LogP contribution is 2.16. The second kappa shape index (κ2) is 9.84. The summed E-state index contributed by atoms with van der Waals surface area (Å²) in [5.41, 5.74) is 1.98. The lowest BCUT2D eigenvalue weighted by Gasteiger charge is -2.16. The Balaban J connectivity index is 1.76. The summed E-state index contributed by atoms with van der Waals surface area (Å²) in [5.74, 6) is 1.44. The van der Waals surface area contributed by atoms with Crippen LogP contribution in [-0.2, 0) is 11.3 Å². The number of likely N-dealkylation sites (N-methyl/N-ethyl adjacent to an activating group) is 1. The first kappa shape index (κ1) is 19.0. The van der Waals surface area contributed by atoms with Gasteiger partial charge in [-0.1, -0.05) is 44.2 Å². The van der Waals surface area contributed by atoms with Crippen LogP contribution in [0.5, 0.6) is 5.75 Å². The summed E-state index contributed by atoms with van der Waals surface area (Å²) in [6, 6.07) is 17.7. The number of ether oxygens (including phenoxy) is 1. The molecule has 2 aromatic rings. The van der Waals surface area contributed by atoms with E-state index in [2.05, 4.69) is 31.3 Å². The molecule has 0 atom stereocenters. The molecule has 0 spiro atoms. The Morgan fingerprint density at radius 1 is 1.08 bits per heavy atom. The van der Waals surface area contributed by atoms with Crippen molar-refractivity contribution in [3.8, 4) is 5.75 Å². The van der Waals surface area contributed by atoms with Gasteiger partial charge in [0.15, 0.2) is 0 Å². The number of benzene rings is 2. The SMILES string of the molecule is CC(C)CCOc1ccc(NC(=O)CN(C)Cc2ccccc2)cc1. The molecule has 0 radical (unpaired) electrons. The van der Waals surface area contributed by atoms with Crippen LogP contribution in [-0.4, -0.2) is 31.0 Å². The number of rotatable bonds is 9. The monoisotopic (exact) mass is 340 g/mol. The average Bonchev–Trinajstić information content (AvgIpc) is 2.57. The minimum Gasteiger partial charge on any atom is -0.494 e. The number of carbonyl (C=O) groups excluding carboxylic acids is 1. The van der Waals surface area contributed by atoms with Crippen molar-refractivity contribution >= 4 is 11.6 Å². The second-order valence-electron chi connectivity index (χ2n) is 6.76. The van der Waals surface area contributed by atoms with Crippen LogP contribution in [0.3, 0.4) is 0 Å². The van der Waals surface area contributed by atoms with Crippen molar-refractivity contribution in [1.29, 1.82) is 0 Å². The molecule has 25 heavy (non-hydrogen) atoms. The zero-order valence-electron chi connectivity index (χ0n) is 15.4. The van der Waals surface area contributed by atoms with E-state index < -0.39 is 0 Å². The van der Waals surface area contributed by atoms with Crippen LogP contribution in [0.25, 0.3) is 0 Å². The third-order valence-electron chi connectivity index (χ3n) is 3.81. The van der Waals surface area contributed by atoms with E-state index in [-0.39, 0.29) is 5.91 Å². The van der Waals surface area contributed by atoms with Crippen molar-refractivity contribution in [2.45, 2.75) is 26.8 Å². The molecule has 2 rings (SSSR count). The van der Waals surface area contributed by atoms with Crippen LogP contribution >= 0.6 is 0 Å². The fraction of sp³-hybridized carbons (Fsp3) is 0.381. The van der Waals surface area contributed by atoms with Crippen LogP contribution in [0.4, 0.5) is 5.69 Å². The summed E-state index contributed by atoms with van der Waals surface area (Å²) in [6.07, 6.45) is 1.03. The highest BCUT2D eigenvalue weighted by atomic mass is 16.5. The highest BCUT2D eigenvalue weighted by molar-refractivity contribution is 5.92. The van der Waals surface area contributed by atoms with E-state index in [1.165, 1.54) is 5.56 Å². The van der Waals surface area contributed by atoms with Crippen LogP contribution < -0.4 is 10.1 Å². The van der Waals surface area contributed by atoms with Gasteiger partial charge in [-0.05, 0) is 49.2 Å². The fourth-order valence-corrected chi connectivity index (χ4v) is 2.44. The quantitative estimate of drug-likeness (QED) is 0.744. The molecule has 1 amide bonds. The van der Waals surface area contributed by atoms with Gasteiger partial charge in [0.1, 0.15) is 5.75 Å². The largest absolute Gasteiger partial charge is 0.494 e. The Labute approximate surface area is 150 Å². The first-order valence-electron chi connectivity index (χ1n) is 8.78. The number of carbonyl (C=O) groups is 1. The number of anilines is 1. The van der Waals surface area contributed by atoms with E-state index in [4.69, 9.17) is 4.74 Å². The van der Waals surface area contributed by atoms with E-state index in [0.29, 0.717) is 19.1 Å². The van der Waals surface area contributed by atoms with Gasteiger partial charge in [0.2, 0.25) is 5.91 Å². The Bertz CT molecular complexity index is 639. The normalized spacial score (nSPS) is 10.9. The topological polar surface area (TPSA) is 41.6 Å². The highest BCUT2D eigenvalue weighted by Gasteiger charge is 2.08. The van der Waals surface area contributed by atoms with Crippen molar-refractivity contribution in [2.75, 3.05) is 25.5 Å². The maximum atomic E-state index is 12.2. The van der Waals surface area contributed by atoms with Gasteiger partial charge in [-0.2, -0.15) is 0 Å². The summed E-state index contributed by atoms with van der Waals surface area (Å²) in [4.78, 5) is 14.2. The van der Waals surface area contributed by atoms with E-state index in [1.807, 2.05) is 54.4 Å². The third-order valence-corrected chi connectivity index (χ3v) is 3.81. The van der Waals surface area contributed by atoms with Gasteiger partial charge in [0, 0.05) is 12.2 Å². The lowest BCUT2D eigenvalue weighted by Crippen LogP contribution is -2.29. The number of nitrogens with one attached hydrogen (secondary N) is 1. The predicted octanol–water partition coefficient (Wildman–Crippen LogP) is 4.18. The molecule has 1 N–H and O–H groups in total. The molecule has 0 bridgehead atoms. The van der Waals surface area contributed by atoms with Crippen LogP contribution in [0.1, 0.15) is 25.8 Å². The summed E-state index contributed by atoms with van der Waals surface area (Å²) in [7, 11) is 1.94. The number of amides is 1. The molecule has 0 fully saturated rings. The van der Waals surface area contributed by atoms with Gasteiger partial charge in [-0.15, -0.1) is 0 Å². The van der Waals surface area contributed by atoms with Gasteiger partial charge in [0.05, 0.1) is 13.2 Å². The molecule has 4 nitrogen and oxygen atoms in total. The van der Waals surface area contributed by atoms with Gasteiger partial charge in [0.25, 0.3) is 0 Å². The van der Waals surface area contributed by atoms with Crippen molar-refractivity contribution in [1.82, 2.24) is 4.90 Å². The Hall–Kier alpha value is -2.33. The molecule has 134 valence electrons. The molecule has 0 aliphatic heterocycles. The van der Waals surface area contributed by atoms with Crippen molar-refractivity contribution in [2.24, 2.45) is 5.92 Å². The Kier molecular flexibility index (Phi) is 7.48. The molecule has 2 aromatic carbocycles. The van der Waals surface area contributed by atoms with E-state index >= 15 is 0 Å². The summed E-state index contributed by atoms with van der Waals surface area (Å²) >= 11 is 0. The Morgan fingerprint density at radius 3 is 2.40 bits per heavy atom. The standard InChI is InChI=1S/C21H28N2O2/c1-17(2)13-14-25-20-11-9-19(10-12-20)22-21(24)16-23(3)15-18-7-5-4-6-8-18/h4-12,17H,13-16H2,1-3H3,(H,22,24). The lowest BCUT2D eigenvalue weighted by molar-refractivity contribution is -0.117. The van der Waals surface area contributed by atoms with E-state index in [9.17, 15) is 4.79 Å². The number of nitrogens with zero attached hydrogens (tertiary/aromatic N) is 1. The molecule has 0 saturated carbocycles. The van der Waals surface area contributed by atoms with Gasteiger partial charge < -0.3 is 10.1 Å². The molecule has 0 unspecified atom stereocenters. The van der Waals surface area contributed by atoms with Crippen LogP contribution in [0, 0.1) is 5.92 Å². The molecule has 0 aliphatic carbocycles. The van der Waals surface area contributed by atoms with Crippen LogP contribution in [0.15, 0.2) is 54.6 Å². The van der Waals surface area contributed by atoms with E-state index in [1.54, 1.807) is 0 Å². The van der Waals surface area contributed by atoms with Crippen LogP contribution in [0.2, 0.25) is 0 Å². The minimum absolute atomic E-state index is 0.0214. The van der Waals surface area contributed by atoms with Gasteiger partial charge in [-0.25, -0.2) is 0 Å². The molecule has 0 aromatic heterocycles. The number of hydrogen-bond donors (Lipinski definition) is 1. The third kappa shape index (κ3) is 7.40. The van der Waals surface area contributed by atoms with Gasteiger partial charge in [-0.3, -0.25) is 9.69 Å². The first-order chi connectivity index (χ1) is 12.0. The summed E-state index contributed by atoms with van der Waals surface area (Å²) in [6.45, 7) is 6.17. The predicted molar refractivity (Wildman–Crippen MR) is 103 cm³/mol. The minimum atomic E-state index is -0.0214. The maximum absolute atomic E-state index is 12.2. The maximum Gasteiger partial charge on any atom is 0.238 e. The molecular formula is C21H28N2O2.